The first-order chi connectivity index (χ1) is 15.3. The molecule has 1 aromatic heterocycles. The summed E-state index contributed by atoms with van der Waals surface area (Å²) in [6.07, 6.45) is 8.19. The molecule has 0 spiro atoms. The molecule has 3 aromatic rings. The van der Waals surface area contributed by atoms with Gasteiger partial charge in [0.2, 0.25) is 0 Å². The predicted molar refractivity (Wildman–Crippen MR) is 140 cm³/mol. The van der Waals surface area contributed by atoms with Crippen molar-refractivity contribution in [2.45, 2.75) is 39.0 Å². The monoisotopic (exact) mass is 545 g/mol. The number of nitrogens with one attached hydrogen (secondary N) is 2. The van der Waals surface area contributed by atoms with E-state index in [2.05, 4.69) is 75.6 Å². The molecule has 1 saturated heterocycles. The van der Waals surface area contributed by atoms with Gasteiger partial charge in [-0.25, -0.2) is 9.98 Å². The molecule has 1 aliphatic heterocycles. The Morgan fingerprint density at radius 1 is 1.16 bits per heavy atom. The highest BCUT2D eigenvalue weighted by Gasteiger charge is 2.15. The van der Waals surface area contributed by atoms with E-state index in [1.54, 1.807) is 0 Å². The molecule has 1 atom stereocenters. The summed E-state index contributed by atoms with van der Waals surface area (Å²) in [6.45, 7) is 6.03. The molecule has 0 saturated carbocycles. The van der Waals surface area contributed by atoms with Gasteiger partial charge in [0, 0.05) is 38.6 Å². The molecule has 170 valence electrons. The SMILES string of the molecule is CCNC(=NCc1ccccc1-c1ccc(Cn2ccnc2)cc1)NCC1CCCO1.I. The van der Waals surface area contributed by atoms with E-state index in [9.17, 15) is 0 Å². The van der Waals surface area contributed by atoms with Crippen molar-refractivity contribution in [3.05, 3.63) is 78.4 Å². The van der Waals surface area contributed by atoms with Crippen molar-refractivity contribution in [3.63, 3.8) is 0 Å². The summed E-state index contributed by atoms with van der Waals surface area (Å²) in [5, 5.41) is 6.77. The second kappa shape index (κ2) is 12.6. The molecule has 2 aromatic carbocycles. The molecule has 4 rings (SSSR count). The van der Waals surface area contributed by atoms with Crippen LogP contribution in [0.3, 0.4) is 0 Å². The second-order valence-electron chi connectivity index (χ2n) is 7.80. The van der Waals surface area contributed by atoms with Crippen molar-refractivity contribution in [3.8, 4) is 11.1 Å². The molecule has 1 aliphatic rings. The molecule has 0 radical (unpaired) electrons. The third kappa shape index (κ3) is 6.80. The minimum absolute atomic E-state index is 0. The van der Waals surface area contributed by atoms with Gasteiger partial charge in [-0.2, -0.15) is 0 Å². The first kappa shape index (κ1) is 24.3. The molecule has 7 heteroatoms. The Bertz CT molecular complexity index is 966. The number of nitrogens with zero attached hydrogens (tertiary/aromatic N) is 3. The zero-order valence-corrected chi connectivity index (χ0v) is 20.9. The van der Waals surface area contributed by atoms with Crippen LogP contribution in [0.4, 0.5) is 0 Å². The van der Waals surface area contributed by atoms with Gasteiger partial charge >= 0.3 is 0 Å². The molecule has 0 amide bonds. The topological polar surface area (TPSA) is 63.5 Å². The Morgan fingerprint density at radius 2 is 2.00 bits per heavy atom. The van der Waals surface area contributed by atoms with E-state index in [0.29, 0.717) is 6.54 Å². The van der Waals surface area contributed by atoms with Crippen LogP contribution < -0.4 is 10.6 Å². The smallest absolute Gasteiger partial charge is 0.191 e. The van der Waals surface area contributed by atoms with Crippen LogP contribution in [0, 0.1) is 0 Å². The number of halogens is 1. The van der Waals surface area contributed by atoms with E-state index < -0.39 is 0 Å². The van der Waals surface area contributed by atoms with Crippen LogP contribution in [-0.4, -0.2) is 41.3 Å². The van der Waals surface area contributed by atoms with Crippen molar-refractivity contribution in [2.75, 3.05) is 19.7 Å². The maximum absolute atomic E-state index is 5.71. The highest BCUT2D eigenvalue weighted by Crippen LogP contribution is 2.25. The van der Waals surface area contributed by atoms with Gasteiger partial charge in [-0.15, -0.1) is 24.0 Å². The first-order valence-corrected chi connectivity index (χ1v) is 11.1. The molecule has 32 heavy (non-hydrogen) atoms. The van der Waals surface area contributed by atoms with Gasteiger partial charge in [0.1, 0.15) is 0 Å². The van der Waals surface area contributed by atoms with Crippen LogP contribution in [0.15, 0.2) is 72.2 Å². The molecule has 0 aliphatic carbocycles. The second-order valence-corrected chi connectivity index (χ2v) is 7.80. The quantitative estimate of drug-likeness (QED) is 0.250. The largest absolute Gasteiger partial charge is 0.376 e. The summed E-state index contributed by atoms with van der Waals surface area (Å²) >= 11 is 0. The summed E-state index contributed by atoms with van der Waals surface area (Å²) < 4.78 is 7.79. The van der Waals surface area contributed by atoms with Crippen molar-refractivity contribution in [1.29, 1.82) is 0 Å². The fraction of sp³-hybridized carbons (Fsp3) is 0.360. The maximum atomic E-state index is 5.71. The van der Waals surface area contributed by atoms with Crippen LogP contribution in [-0.2, 0) is 17.8 Å². The summed E-state index contributed by atoms with van der Waals surface area (Å²) in [5.74, 6) is 0.837. The van der Waals surface area contributed by atoms with Gasteiger partial charge in [-0.3, -0.25) is 0 Å². The van der Waals surface area contributed by atoms with Gasteiger partial charge in [-0.05, 0) is 42.0 Å². The standard InChI is InChI=1S/C25H31N5O.HI/c1-2-27-25(29-17-23-7-5-15-31-23)28-16-22-6-3-4-8-24(22)21-11-9-20(10-12-21)18-30-14-13-26-19-30;/h3-4,6,8-14,19,23H,2,5,7,15-18H2,1H3,(H2,27,28,29);1H. The van der Waals surface area contributed by atoms with Crippen LogP contribution in [0.2, 0.25) is 0 Å². The highest BCUT2D eigenvalue weighted by molar-refractivity contribution is 14.0. The van der Waals surface area contributed by atoms with E-state index in [1.165, 1.54) is 22.3 Å². The number of aliphatic imine (C=N–C) groups is 1. The zero-order chi connectivity index (χ0) is 21.3. The Labute approximate surface area is 207 Å². The number of ether oxygens (including phenoxy) is 1. The van der Waals surface area contributed by atoms with E-state index in [4.69, 9.17) is 9.73 Å². The number of rotatable bonds is 8. The van der Waals surface area contributed by atoms with Crippen molar-refractivity contribution < 1.29 is 4.74 Å². The van der Waals surface area contributed by atoms with E-state index in [0.717, 1.165) is 45.0 Å². The Kier molecular flexibility index (Phi) is 9.55. The summed E-state index contributed by atoms with van der Waals surface area (Å²) in [7, 11) is 0. The number of guanidine groups is 1. The Balaban J connectivity index is 0.00000289. The normalized spacial score (nSPS) is 15.9. The minimum Gasteiger partial charge on any atom is -0.376 e. The lowest BCUT2D eigenvalue weighted by Gasteiger charge is -2.15. The third-order valence-electron chi connectivity index (χ3n) is 5.48. The molecule has 0 bridgehead atoms. The van der Waals surface area contributed by atoms with Gasteiger partial charge in [0.05, 0.1) is 19.0 Å². The highest BCUT2D eigenvalue weighted by atomic mass is 127. The van der Waals surface area contributed by atoms with Crippen molar-refractivity contribution in [1.82, 2.24) is 20.2 Å². The lowest BCUT2D eigenvalue weighted by atomic mass is 9.98. The maximum Gasteiger partial charge on any atom is 0.191 e. The first-order valence-electron chi connectivity index (χ1n) is 11.1. The van der Waals surface area contributed by atoms with Crippen LogP contribution in [0.5, 0.6) is 0 Å². The Morgan fingerprint density at radius 3 is 2.72 bits per heavy atom. The molecule has 1 unspecified atom stereocenters. The number of aromatic nitrogens is 2. The van der Waals surface area contributed by atoms with Crippen LogP contribution >= 0.6 is 24.0 Å². The number of imidazole rings is 1. The lowest BCUT2D eigenvalue weighted by Crippen LogP contribution is -2.41. The lowest BCUT2D eigenvalue weighted by molar-refractivity contribution is 0.114. The molecule has 6 nitrogen and oxygen atoms in total. The van der Waals surface area contributed by atoms with Crippen molar-refractivity contribution in [2.24, 2.45) is 4.99 Å². The average Bonchev–Trinajstić information content (AvgIpc) is 3.51. The van der Waals surface area contributed by atoms with E-state index >= 15 is 0 Å². The van der Waals surface area contributed by atoms with Crippen LogP contribution in [0.25, 0.3) is 11.1 Å². The zero-order valence-electron chi connectivity index (χ0n) is 18.5. The Hall–Kier alpha value is -2.39. The van der Waals surface area contributed by atoms with Crippen molar-refractivity contribution >= 4 is 29.9 Å². The fourth-order valence-corrected chi connectivity index (χ4v) is 3.84. The summed E-state index contributed by atoms with van der Waals surface area (Å²) in [5.41, 5.74) is 4.89. The van der Waals surface area contributed by atoms with Gasteiger partial charge < -0.3 is 19.9 Å². The third-order valence-corrected chi connectivity index (χ3v) is 5.48. The number of hydrogen-bond donors (Lipinski definition) is 2. The summed E-state index contributed by atoms with van der Waals surface area (Å²) in [4.78, 5) is 8.94. The molecule has 1 fully saturated rings. The van der Waals surface area contributed by atoms with E-state index in [-0.39, 0.29) is 30.1 Å². The summed E-state index contributed by atoms with van der Waals surface area (Å²) in [6, 6.07) is 17.2. The van der Waals surface area contributed by atoms with E-state index in [1.807, 2.05) is 18.7 Å². The molecular weight excluding hydrogens is 513 g/mol. The number of benzene rings is 2. The molecule has 2 heterocycles. The molecule has 2 N–H and O–H groups in total. The van der Waals surface area contributed by atoms with Gasteiger partial charge in [0.25, 0.3) is 0 Å². The number of hydrogen-bond acceptors (Lipinski definition) is 3. The van der Waals surface area contributed by atoms with Crippen LogP contribution in [0.1, 0.15) is 30.9 Å². The average molecular weight is 545 g/mol. The minimum atomic E-state index is 0. The van der Waals surface area contributed by atoms with Gasteiger partial charge in [0.15, 0.2) is 5.96 Å². The van der Waals surface area contributed by atoms with Gasteiger partial charge in [-0.1, -0.05) is 48.5 Å². The predicted octanol–water partition coefficient (Wildman–Crippen LogP) is 4.45. The molecular formula is C25H32IN5O. The fourth-order valence-electron chi connectivity index (χ4n) is 3.84.